The summed E-state index contributed by atoms with van der Waals surface area (Å²) in [6, 6.07) is 13.6. The molecule has 3 aromatic rings. The Labute approximate surface area is 133 Å². The standard InChI is InChI=1S/C18H17N3O2/c22-18(11-16-14-5-1-2-6-17(14)23-21-16)20-13-8-7-12-4-3-9-19-15(12)10-13/h1-2,5-8,10,19H,3-4,9,11H2,(H,20,22). The first-order valence-electron chi connectivity index (χ1n) is 7.79. The molecule has 2 heterocycles. The highest BCUT2D eigenvalue weighted by molar-refractivity contribution is 5.95. The SMILES string of the molecule is O=C(Cc1noc2ccccc12)Nc1ccc2c(c1)NCCC2. The van der Waals surface area contributed by atoms with E-state index < -0.39 is 0 Å². The van der Waals surface area contributed by atoms with Crippen LogP contribution in [0.3, 0.4) is 0 Å². The maximum absolute atomic E-state index is 12.3. The molecular formula is C18H17N3O2. The number of fused-ring (bicyclic) bond motifs is 2. The molecule has 0 fully saturated rings. The molecule has 0 unspecified atom stereocenters. The Morgan fingerprint density at radius 3 is 3.13 bits per heavy atom. The van der Waals surface area contributed by atoms with Crippen molar-refractivity contribution in [3.8, 4) is 0 Å². The number of amides is 1. The van der Waals surface area contributed by atoms with Crippen LogP contribution >= 0.6 is 0 Å². The summed E-state index contributed by atoms with van der Waals surface area (Å²) in [5.74, 6) is -0.0974. The van der Waals surface area contributed by atoms with Crippen LogP contribution < -0.4 is 10.6 Å². The predicted octanol–water partition coefficient (Wildman–Crippen LogP) is 3.37. The zero-order chi connectivity index (χ0) is 15.6. The van der Waals surface area contributed by atoms with Gasteiger partial charge in [-0.2, -0.15) is 0 Å². The van der Waals surface area contributed by atoms with Gasteiger partial charge in [-0.15, -0.1) is 0 Å². The summed E-state index contributed by atoms with van der Waals surface area (Å²) in [5.41, 5.74) is 4.58. The number of aromatic nitrogens is 1. The molecule has 0 radical (unpaired) electrons. The van der Waals surface area contributed by atoms with E-state index in [1.165, 1.54) is 5.56 Å². The smallest absolute Gasteiger partial charge is 0.230 e. The van der Waals surface area contributed by atoms with Gasteiger partial charge in [0, 0.05) is 23.3 Å². The lowest BCUT2D eigenvalue weighted by atomic mass is 10.0. The second-order valence-corrected chi connectivity index (χ2v) is 5.75. The molecule has 5 nitrogen and oxygen atoms in total. The summed E-state index contributed by atoms with van der Waals surface area (Å²) in [7, 11) is 0. The maximum atomic E-state index is 12.3. The highest BCUT2D eigenvalue weighted by Crippen LogP contribution is 2.25. The Hall–Kier alpha value is -2.82. The summed E-state index contributed by atoms with van der Waals surface area (Å²) < 4.78 is 5.23. The molecule has 4 rings (SSSR count). The Bertz CT molecular complexity index is 870. The van der Waals surface area contributed by atoms with Gasteiger partial charge < -0.3 is 15.2 Å². The van der Waals surface area contributed by atoms with E-state index in [1.54, 1.807) is 0 Å². The van der Waals surface area contributed by atoms with Crippen molar-refractivity contribution in [1.29, 1.82) is 0 Å². The van der Waals surface area contributed by atoms with E-state index in [1.807, 2.05) is 36.4 Å². The summed E-state index contributed by atoms with van der Waals surface area (Å²) in [4.78, 5) is 12.3. The van der Waals surface area contributed by atoms with Crippen LogP contribution in [0, 0.1) is 0 Å². The number of rotatable bonds is 3. The Balaban J connectivity index is 1.50. The van der Waals surface area contributed by atoms with Crippen molar-refractivity contribution in [2.45, 2.75) is 19.3 Å². The van der Waals surface area contributed by atoms with Gasteiger partial charge in [-0.25, -0.2) is 0 Å². The molecule has 2 N–H and O–H groups in total. The summed E-state index contributed by atoms with van der Waals surface area (Å²) in [5, 5.41) is 11.2. The summed E-state index contributed by atoms with van der Waals surface area (Å²) in [6.45, 7) is 0.981. The molecule has 0 saturated carbocycles. The molecule has 0 saturated heterocycles. The molecule has 1 aliphatic heterocycles. The van der Waals surface area contributed by atoms with Crippen molar-refractivity contribution < 1.29 is 9.32 Å². The third-order valence-corrected chi connectivity index (χ3v) is 4.11. The van der Waals surface area contributed by atoms with Crippen LogP contribution in [-0.2, 0) is 17.6 Å². The van der Waals surface area contributed by atoms with E-state index >= 15 is 0 Å². The van der Waals surface area contributed by atoms with Crippen molar-refractivity contribution in [2.75, 3.05) is 17.2 Å². The zero-order valence-corrected chi connectivity index (χ0v) is 12.6. The first-order chi connectivity index (χ1) is 11.3. The van der Waals surface area contributed by atoms with Crippen molar-refractivity contribution in [1.82, 2.24) is 5.16 Å². The van der Waals surface area contributed by atoms with Gasteiger partial charge in [0.05, 0.1) is 6.42 Å². The number of nitrogens with zero attached hydrogens (tertiary/aromatic N) is 1. The molecule has 1 aliphatic rings. The largest absolute Gasteiger partial charge is 0.385 e. The van der Waals surface area contributed by atoms with E-state index in [9.17, 15) is 4.79 Å². The monoisotopic (exact) mass is 307 g/mol. The molecule has 5 heteroatoms. The topological polar surface area (TPSA) is 67.2 Å². The van der Waals surface area contributed by atoms with E-state index in [2.05, 4.69) is 21.9 Å². The van der Waals surface area contributed by atoms with E-state index in [0.717, 1.165) is 36.1 Å². The first kappa shape index (κ1) is 13.8. The highest BCUT2D eigenvalue weighted by atomic mass is 16.5. The lowest BCUT2D eigenvalue weighted by Crippen LogP contribution is -2.16. The number of nitrogens with one attached hydrogen (secondary N) is 2. The third kappa shape index (κ3) is 2.77. The average molecular weight is 307 g/mol. The molecule has 0 bridgehead atoms. The number of carbonyl (C=O) groups excluding carboxylic acids is 1. The minimum absolute atomic E-state index is 0.0974. The molecule has 2 aromatic carbocycles. The van der Waals surface area contributed by atoms with E-state index in [4.69, 9.17) is 4.52 Å². The Kier molecular flexibility index (Phi) is 3.46. The quantitative estimate of drug-likeness (QED) is 0.778. The van der Waals surface area contributed by atoms with Gasteiger partial charge in [-0.3, -0.25) is 4.79 Å². The van der Waals surface area contributed by atoms with Crippen molar-refractivity contribution in [2.24, 2.45) is 0 Å². The Morgan fingerprint density at radius 2 is 2.17 bits per heavy atom. The van der Waals surface area contributed by atoms with Crippen LogP contribution in [0.25, 0.3) is 11.0 Å². The van der Waals surface area contributed by atoms with Crippen molar-refractivity contribution in [3.63, 3.8) is 0 Å². The van der Waals surface area contributed by atoms with Gasteiger partial charge in [-0.1, -0.05) is 23.4 Å². The first-order valence-corrected chi connectivity index (χ1v) is 7.79. The second kappa shape index (κ2) is 5.76. The van der Waals surface area contributed by atoms with Crippen LogP contribution in [0.1, 0.15) is 17.7 Å². The Morgan fingerprint density at radius 1 is 1.26 bits per heavy atom. The summed E-state index contributed by atoms with van der Waals surface area (Å²) in [6.07, 6.45) is 2.43. The van der Waals surface area contributed by atoms with Gasteiger partial charge in [0.15, 0.2) is 5.58 Å². The van der Waals surface area contributed by atoms with Crippen LogP contribution in [0.2, 0.25) is 0 Å². The van der Waals surface area contributed by atoms with Gasteiger partial charge in [0.2, 0.25) is 5.91 Å². The van der Waals surface area contributed by atoms with Crippen LogP contribution in [0.4, 0.5) is 11.4 Å². The second-order valence-electron chi connectivity index (χ2n) is 5.75. The third-order valence-electron chi connectivity index (χ3n) is 4.11. The minimum Gasteiger partial charge on any atom is -0.385 e. The molecule has 0 spiro atoms. The van der Waals surface area contributed by atoms with Crippen molar-refractivity contribution >= 4 is 28.3 Å². The van der Waals surface area contributed by atoms with Gasteiger partial charge in [0.25, 0.3) is 0 Å². The minimum atomic E-state index is -0.0974. The number of aryl methyl sites for hydroxylation is 1. The number of hydrogen-bond acceptors (Lipinski definition) is 4. The van der Waals surface area contributed by atoms with Crippen LogP contribution in [-0.4, -0.2) is 17.6 Å². The van der Waals surface area contributed by atoms with Crippen LogP contribution in [0.15, 0.2) is 47.0 Å². The fourth-order valence-electron chi connectivity index (χ4n) is 2.96. The molecule has 116 valence electrons. The number of benzene rings is 2. The molecular weight excluding hydrogens is 290 g/mol. The molecule has 1 amide bonds. The molecule has 23 heavy (non-hydrogen) atoms. The van der Waals surface area contributed by atoms with E-state index in [-0.39, 0.29) is 12.3 Å². The molecule has 0 atom stereocenters. The lowest BCUT2D eigenvalue weighted by Gasteiger charge is -2.18. The zero-order valence-electron chi connectivity index (χ0n) is 12.6. The fraction of sp³-hybridized carbons (Fsp3) is 0.222. The van der Waals surface area contributed by atoms with Gasteiger partial charge >= 0.3 is 0 Å². The van der Waals surface area contributed by atoms with Gasteiger partial charge in [-0.05, 0) is 42.7 Å². The number of anilines is 2. The normalized spacial score (nSPS) is 13.4. The molecule has 1 aromatic heterocycles. The predicted molar refractivity (Wildman–Crippen MR) is 89.6 cm³/mol. The number of hydrogen-bond donors (Lipinski definition) is 2. The lowest BCUT2D eigenvalue weighted by molar-refractivity contribution is -0.115. The van der Waals surface area contributed by atoms with E-state index in [0.29, 0.717) is 11.3 Å². The van der Waals surface area contributed by atoms with Gasteiger partial charge in [0.1, 0.15) is 5.69 Å². The average Bonchev–Trinajstić information content (AvgIpc) is 2.98. The molecule has 0 aliphatic carbocycles. The van der Waals surface area contributed by atoms with Crippen molar-refractivity contribution in [3.05, 3.63) is 53.7 Å². The maximum Gasteiger partial charge on any atom is 0.230 e. The summed E-state index contributed by atoms with van der Waals surface area (Å²) >= 11 is 0. The van der Waals surface area contributed by atoms with Crippen LogP contribution in [0.5, 0.6) is 0 Å². The number of carbonyl (C=O) groups is 1. The fourth-order valence-corrected chi connectivity index (χ4v) is 2.96. The highest BCUT2D eigenvalue weighted by Gasteiger charge is 2.13. The number of para-hydroxylation sites is 1.